The first-order valence-corrected chi connectivity index (χ1v) is 15.1. The number of fused-ring (bicyclic) bond motifs is 2. The molecule has 0 aromatic heterocycles. The first-order valence-electron chi connectivity index (χ1n) is 9.47. The summed E-state index contributed by atoms with van der Waals surface area (Å²) in [5, 5.41) is -2.09. The monoisotopic (exact) mass is 660 g/mol. The van der Waals surface area contributed by atoms with E-state index in [1.54, 1.807) is 18.2 Å². The van der Waals surface area contributed by atoms with Crippen LogP contribution in [0.3, 0.4) is 0 Å². The van der Waals surface area contributed by atoms with Gasteiger partial charge in [0.1, 0.15) is 40.5 Å². The van der Waals surface area contributed by atoms with Crippen LogP contribution in [-0.2, 0) is 40.5 Å². The molecule has 0 radical (unpaired) electrons. The smallest absolute Gasteiger partial charge is 0.744 e. The van der Waals surface area contributed by atoms with E-state index in [1.807, 2.05) is 0 Å². The zero-order chi connectivity index (χ0) is 26.6. The fraction of sp³-hybridized carbons (Fsp3) is 0. The van der Waals surface area contributed by atoms with Crippen LogP contribution in [0.1, 0.15) is 0 Å². The van der Waals surface area contributed by atoms with Gasteiger partial charge in [-0.1, -0.05) is 42.5 Å². The van der Waals surface area contributed by atoms with E-state index in [1.165, 1.54) is 18.2 Å². The van der Waals surface area contributed by atoms with E-state index < -0.39 is 76.2 Å². The molecule has 5 aromatic carbocycles. The maximum absolute atomic E-state index is 12.4. The number of hydrogen-bond acceptors (Lipinski definition) is 12. The fourth-order valence-electron chi connectivity index (χ4n) is 4.68. The number of hydrogen-bond donors (Lipinski definition) is 0. The molecular weight excluding hydrogens is 652 g/mol. The Hall–Kier alpha value is 1.04. The van der Waals surface area contributed by atoms with E-state index in [4.69, 9.17) is 0 Å². The van der Waals surface area contributed by atoms with Crippen molar-refractivity contribution < 1.29 is 170 Å². The summed E-state index contributed by atoms with van der Waals surface area (Å²) >= 11 is 0. The summed E-state index contributed by atoms with van der Waals surface area (Å²) in [5.41, 5.74) is 0. The molecule has 0 unspecified atom stereocenters. The number of rotatable bonds is 4. The van der Waals surface area contributed by atoms with Gasteiger partial charge in [0.15, 0.2) is 0 Å². The fourth-order valence-corrected chi connectivity index (χ4v) is 8.96. The van der Waals surface area contributed by atoms with Crippen molar-refractivity contribution in [3.8, 4) is 0 Å². The molecule has 0 aliphatic carbocycles. The minimum absolute atomic E-state index is 0. The third-order valence-electron chi connectivity index (χ3n) is 5.77. The van der Waals surface area contributed by atoms with Gasteiger partial charge >= 0.3 is 118 Å². The molecule has 0 saturated heterocycles. The molecule has 12 nitrogen and oxygen atoms in total. The quantitative estimate of drug-likeness (QED) is 0.0758. The van der Waals surface area contributed by atoms with Crippen molar-refractivity contribution in [3.05, 3.63) is 48.5 Å². The second-order valence-electron chi connectivity index (χ2n) is 7.75. The van der Waals surface area contributed by atoms with Gasteiger partial charge in [0.25, 0.3) is 0 Å². The van der Waals surface area contributed by atoms with Gasteiger partial charge in [0, 0.05) is 16.2 Å². The molecule has 0 atom stereocenters. The van der Waals surface area contributed by atoms with Crippen LogP contribution < -0.4 is 118 Å². The Kier molecular flexibility index (Phi) is 12.5. The van der Waals surface area contributed by atoms with Crippen molar-refractivity contribution in [1.29, 1.82) is 0 Å². The first kappa shape index (κ1) is 39.1. The molecule has 40 heavy (non-hydrogen) atoms. The molecule has 0 bridgehead atoms. The number of benzene rings is 5. The van der Waals surface area contributed by atoms with Crippen molar-refractivity contribution in [2.24, 2.45) is 0 Å². The van der Waals surface area contributed by atoms with E-state index in [0.717, 1.165) is 6.07 Å². The van der Waals surface area contributed by atoms with Crippen molar-refractivity contribution in [2.45, 2.75) is 19.6 Å². The topological polar surface area (TPSA) is 229 Å². The second kappa shape index (κ2) is 12.8. The predicted octanol–water partition coefficient (Wildman–Crippen LogP) is -10.6. The van der Waals surface area contributed by atoms with Gasteiger partial charge in [-0.3, -0.25) is 0 Å². The van der Waals surface area contributed by atoms with E-state index in [9.17, 15) is 51.9 Å². The van der Waals surface area contributed by atoms with E-state index in [2.05, 4.69) is 0 Å². The van der Waals surface area contributed by atoms with Crippen LogP contribution in [0.15, 0.2) is 68.1 Å². The molecule has 0 heterocycles. The summed E-state index contributed by atoms with van der Waals surface area (Å²) in [4.78, 5) is -7.58. The Balaban J connectivity index is 0.00000200. The molecule has 0 N–H and O–H groups in total. The van der Waals surface area contributed by atoms with Crippen LogP contribution >= 0.6 is 0 Å². The molecular formula is C20H8Na4O12S4. The van der Waals surface area contributed by atoms with Gasteiger partial charge in [-0.25, -0.2) is 33.7 Å². The molecule has 20 heteroatoms. The molecule has 0 fully saturated rings. The predicted molar refractivity (Wildman–Crippen MR) is 120 cm³/mol. The molecule has 0 aliphatic heterocycles. The Morgan fingerprint density at radius 3 is 1.27 bits per heavy atom. The summed E-state index contributed by atoms with van der Waals surface area (Å²) in [6.45, 7) is 0. The summed E-state index contributed by atoms with van der Waals surface area (Å²) in [7, 11) is -24.1. The van der Waals surface area contributed by atoms with Crippen LogP contribution in [0.25, 0.3) is 43.1 Å². The third-order valence-corrected chi connectivity index (χ3v) is 9.63. The molecule has 0 spiro atoms. The standard InChI is InChI=1S/C20H12O12S4.4Na/c21-33(22,23)13-8-7-11-10-5-1-3-9-4-2-6-12(14(9)10)16-15(11)17(13)19(35(27,28)29)20(36(30,31)32)18(16)34(24,25)26;;;;/h1-8H,(H,21,22,23)(H,24,25,26)(H,27,28,29)(H,30,31,32);;;;/q;4*+1/p-4. The second-order valence-corrected chi connectivity index (χ2v) is 13.0. The Bertz CT molecular complexity index is 2250. The van der Waals surface area contributed by atoms with Gasteiger partial charge in [0.2, 0.25) is 0 Å². The minimum Gasteiger partial charge on any atom is -0.744 e. The minimum atomic E-state index is -6.26. The average molecular weight is 661 g/mol. The zero-order valence-electron chi connectivity index (χ0n) is 21.2. The zero-order valence-corrected chi connectivity index (χ0v) is 32.4. The molecule has 0 aliphatic rings. The van der Waals surface area contributed by atoms with Crippen LogP contribution in [0.5, 0.6) is 0 Å². The van der Waals surface area contributed by atoms with Crippen LogP contribution in [0.4, 0.5) is 0 Å². The van der Waals surface area contributed by atoms with Crippen LogP contribution in [0, 0.1) is 0 Å². The molecule has 0 amide bonds. The third kappa shape index (κ3) is 6.39. The van der Waals surface area contributed by atoms with Crippen LogP contribution in [0.2, 0.25) is 0 Å². The van der Waals surface area contributed by atoms with E-state index >= 15 is 0 Å². The Labute approximate surface area is 316 Å². The van der Waals surface area contributed by atoms with E-state index in [-0.39, 0.29) is 140 Å². The maximum Gasteiger partial charge on any atom is 1.00 e. The largest absolute Gasteiger partial charge is 1.00 e. The maximum atomic E-state index is 12.4. The Morgan fingerprint density at radius 1 is 0.400 bits per heavy atom. The van der Waals surface area contributed by atoms with Crippen LogP contribution in [-0.4, -0.2) is 51.9 Å². The Morgan fingerprint density at radius 2 is 0.825 bits per heavy atom. The van der Waals surface area contributed by atoms with Crippen molar-refractivity contribution >= 4 is 83.6 Å². The average Bonchev–Trinajstić information content (AvgIpc) is 2.72. The molecule has 5 aromatic rings. The summed E-state index contributed by atoms with van der Waals surface area (Å²) in [6.07, 6.45) is 0. The van der Waals surface area contributed by atoms with E-state index in [0.29, 0.717) is 11.5 Å². The summed E-state index contributed by atoms with van der Waals surface area (Å²) in [5.74, 6) is 0. The van der Waals surface area contributed by atoms with Crippen molar-refractivity contribution in [1.82, 2.24) is 0 Å². The van der Waals surface area contributed by atoms with Gasteiger partial charge in [-0.05, 0) is 33.0 Å². The van der Waals surface area contributed by atoms with Gasteiger partial charge in [-0.2, -0.15) is 0 Å². The molecule has 5 rings (SSSR count). The molecule has 188 valence electrons. The van der Waals surface area contributed by atoms with Crippen molar-refractivity contribution in [2.75, 3.05) is 0 Å². The van der Waals surface area contributed by atoms with Crippen molar-refractivity contribution in [3.63, 3.8) is 0 Å². The first-order chi connectivity index (χ1) is 16.4. The summed E-state index contributed by atoms with van der Waals surface area (Å²) < 4.78 is 147. The van der Waals surface area contributed by atoms with Gasteiger partial charge in [-0.15, -0.1) is 0 Å². The molecule has 0 saturated carbocycles. The normalized spacial score (nSPS) is 12.5. The van der Waals surface area contributed by atoms with Gasteiger partial charge in [0.05, 0.1) is 19.6 Å². The summed E-state index contributed by atoms with van der Waals surface area (Å²) in [6, 6.07) is 10.4. The van der Waals surface area contributed by atoms with Gasteiger partial charge < -0.3 is 18.2 Å². The SMILES string of the molecule is O=S(=O)([O-])c1c(S(=O)(=O)[O-])c2c(S(=O)(=O)[O-])ccc3c4cccc5cccc(c(c1S(=O)(=O)[O-])c23)c54.[Na+].[Na+].[Na+].[Na+].